The minimum Gasteiger partial charge on any atom is -0.367 e. The molecule has 1 aliphatic carbocycles. The van der Waals surface area contributed by atoms with Crippen molar-refractivity contribution in [3.05, 3.63) is 23.9 Å². The molecule has 1 amide bonds. The van der Waals surface area contributed by atoms with Gasteiger partial charge in [-0.05, 0) is 36.8 Å². The van der Waals surface area contributed by atoms with Crippen molar-refractivity contribution in [2.24, 2.45) is 11.1 Å². The highest BCUT2D eigenvalue weighted by Crippen LogP contribution is 2.38. The van der Waals surface area contributed by atoms with E-state index in [1.807, 2.05) is 0 Å². The zero-order chi connectivity index (χ0) is 12.5. The average Bonchev–Trinajstić information content (AvgIpc) is 2.58. The number of primary amides is 1. The fraction of sp³-hybridized carbons (Fsp3) is 0.538. The number of anilines is 1. The van der Waals surface area contributed by atoms with Gasteiger partial charge in [-0.15, -0.1) is 0 Å². The maximum atomic E-state index is 11.3. The molecule has 0 saturated heterocycles. The summed E-state index contributed by atoms with van der Waals surface area (Å²) in [4.78, 5) is 15.5. The lowest BCUT2D eigenvalue weighted by molar-refractivity contribution is 0.100. The van der Waals surface area contributed by atoms with E-state index in [1.165, 1.54) is 6.42 Å². The van der Waals surface area contributed by atoms with Gasteiger partial charge in [0, 0.05) is 12.2 Å². The number of pyridine rings is 1. The number of hydrogen-bond acceptors (Lipinski definition) is 3. The van der Waals surface area contributed by atoms with Crippen LogP contribution in [0.25, 0.3) is 0 Å². The van der Waals surface area contributed by atoms with Crippen LogP contribution in [0.3, 0.4) is 0 Å². The first kappa shape index (κ1) is 11.9. The zero-order valence-electron chi connectivity index (χ0n) is 10.4. The van der Waals surface area contributed by atoms with E-state index in [1.54, 1.807) is 18.3 Å². The lowest BCUT2D eigenvalue weighted by atomic mass is 9.92. The summed E-state index contributed by atoms with van der Waals surface area (Å²) in [5.41, 5.74) is 6.17. The molecule has 0 aromatic carbocycles. The van der Waals surface area contributed by atoms with Gasteiger partial charge in [-0.3, -0.25) is 4.79 Å². The molecule has 1 saturated carbocycles. The Labute approximate surface area is 102 Å². The third-order valence-electron chi connectivity index (χ3n) is 3.38. The van der Waals surface area contributed by atoms with Crippen LogP contribution in [-0.2, 0) is 0 Å². The largest absolute Gasteiger partial charge is 0.367 e. The van der Waals surface area contributed by atoms with E-state index < -0.39 is 5.91 Å². The number of amides is 1. The molecule has 4 heteroatoms. The van der Waals surface area contributed by atoms with Crippen molar-refractivity contribution in [3.8, 4) is 0 Å². The smallest absolute Gasteiger partial charge is 0.252 e. The number of rotatable bonds is 3. The minimum absolute atomic E-state index is 0.374. The number of aromatic nitrogens is 1. The van der Waals surface area contributed by atoms with Gasteiger partial charge in [0.15, 0.2) is 0 Å². The number of nitrogens with one attached hydrogen (secondary N) is 1. The number of hydrogen-bond donors (Lipinski definition) is 2. The maximum absolute atomic E-state index is 11.3. The highest BCUT2D eigenvalue weighted by molar-refractivity contribution is 5.97. The Balaban J connectivity index is 2.12. The summed E-state index contributed by atoms with van der Waals surface area (Å²) < 4.78 is 0. The molecule has 1 unspecified atom stereocenters. The predicted octanol–water partition coefficient (Wildman–Crippen LogP) is 2.17. The quantitative estimate of drug-likeness (QED) is 0.840. The summed E-state index contributed by atoms with van der Waals surface area (Å²) in [6, 6.07) is 3.82. The molecule has 0 radical (unpaired) electrons. The maximum Gasteiger partial charge on any atom is 0.252 e. The van der Waals surface area contributed by atoms with Crippen LogP contribution in [0.2, 0.25) is 0 Å². The van der Waals surface area contributed by atoms with Gasteiger partial charge in [0.2, 0.25) is 0 Å². The third kappa shape index (κ3) is 2.75. The number of nitrogens with zero attached hydrogens (tertiary/aromatic N) is 1. The molecule has 1 aromatic rings. The average molecular weight is 233 g/mol. The van der Waals surface area contributed by atoms with Gasteiger partial charge >= 0.3 is 0 Å². The van der Waals surface area contributed by atoms with Crippen molar-refractivity contribution in [1.82, 2.24) is 4.98 Å². The van der Waals surface area contributed by atoms with Gasteiger partial charge in [0.1, 0.15) is 5.82 Å². The van der Waals surface area contributed by atoms with E-state index in [0.717, 1.165) is 12.8 Å². The molecular formula is C13H19N3O. The van der Waals surface area contributed by atoms with Crippen molar-refractivity contribution in [1.29, 1.82) is 0 Å². The highest BCUT2D eigenvalue weighted by Gasteiger charge is 2.31. The lowest BCUT2D eigenvalue weighted by Gasteiger charge is -2.18. The summed E-state index contributed by atoms with van der Waals surface area (Å²) in [5, 5.41) is 3.33. The summed E-state index contributed by atoms with van der Waals surface area (Å²) in [5.74, 6) is 0.181. The van der Waals surface area contributed by atoms with E-state index >= 15 is 0 Å². The molecule has 0 aliphatic heterocycles. The normalized spacial score (nSPS) is 22.4. The zero-order valence-corrected chi connectivity index (χ0v) is 10.4. The summed E-state index contributed by atoms with van der Waals surface area (Å²) >= 11 is 0. The van der Waals surface area contributed by atoms with E-state index in [0.29, 0.717) is 22.8 Å². The third-order valence-corrected chi connectivity index (χ3v) is 3.38. The van der Waals surface area contributed by atoms with Crippen LogP contribution in [0.4, 0.5) is 5.82 Å². The SMILES string of the molecule is CC1(C)CCC(Nc2ncccc2C(N)=O)C1. The topological polar surface area (TPSA) is 68.0 Å². The molecule has 92 valence electrons. The van der Waals surface area contributed by atoms with Gasteiger partial charge in [-0.25, -0.2) is 4.98 Å². The number of carbonyl (C=O) groups is 1. The van der Waals surface area contributed by atoms with Gasteiger partial charge < -0.3 is 11.1 Å². The Morgan fingerprint density at radius 3 is 2.94 bits per heavy atom. The molecule has 1 atom stereocenters. The molecule has 3 N–H and O–H groups in total. The molecule has 1 aliphatic rings. The molecule has 1 fully saturated rings. The number of carbonyl (C=O) groups excluding carboxylic acids is 1. The Bertz CT molecular complexity index is 428. The van der Waals surface area contributed by atoms with Crippen LogP contribution in [0.5, 0.6) is 0 Å². The van der Waals surface area contributed by atoms with Gasteiger partial charge in [0.05, 0.1) is 5.56 Å². The first-order chi connectivity index (χ1) is 7.98. The second-order valence-corrected chi connectivity index (χ2v) is 5.51. The van der Waals surface area contributed by atoms with E-state index in [2.05, 4.69) is 24.1 Å². The fourth-order valence-corrected chi connectivity index (χ4v) is 2.47. The van der Waals surface area contributed by atoms with E-state index in [-0.39, 0.29) is 0 Å². The Morgan fingerprint density at radius 2 is 2.35 bits per heavy atom. The van der Waals surface area contributed by atoms with Crippen LogP contribution >= 0.6 is 0 Å². The van der Waals surface area contributed by atoms with Gasteiger partial charge in [-0.2, -0.15) is 0 Å². The summed E-state index contributed by atoms with van der Waals surface area (Å²) in [6.07, 6.45) is 5.09. The van der Waals surface area contributed by atoms with Crippen molar-refractivity contribution < 1.29 is 4.79 Å². The Hall–Kier alpha value is -1.58. The molecule has 4 nitrogen and oxygen atoms in total. The first-order valence-corrected chi connectivity index (χ1v) is 5.99. The van der Waals surface area contributed by atoms with Crippen LogP contribution < -0.4 is 11.1 Å². The van der Waals surface area contributed by atoms with Crippen molar-refractivity contribution >= 4 is 11.7 Å². The summed E-state index contributed by atoms with van der Waals surface area (Å²) in [7, 11) is 0. The van der Waals surface area contributed by atoms with Crippen LogP contribution in [0, 0.1) is 5.41 Å². The predicted molar refractivity (Wildman–Crippen MR) is 67.8 cm³/mol. The van der Waals surface area contributed by atoms with E-state index in [4.69, 9.17) is 5.73 Å². The monoisotopic (exact) mass is 233 g/mol. The minimum atomic E-state index is -0.433. The lowest BCUT2D eigenvalue weighted by Crippen LogP contribution is -2.22. The van der Waals surface area contributed by atoms with Gasteiger partial charge in [0.25, 0.3) is 5.91 Å². The van der Waals surface area contributed by atoms with Crippen LogP contribution in [0.1, 0.15) is 43.5 Å². The standard InChI is InChI=1S/C13H19N3O/c1-13(2)6-5-9(8-13)16-12-10(11(14)17)4-3-7-15-12/h3-4,7,9H,5-6,8H2,1-2H3,(H2,14,17)(H,15,16). The molecule has 17 heavy (non-hydrogen) atoms. The Morgan fingerprint density at radius 1 is 1.59 bits per heavy atom. The van der Waals surface area contributed by atoms with Crippen LogP contribution in [0.15, 0.2) is 18.3 Å². The summed E-state index contributed by atoms with van der Waals surface area (Å²) in [6.45, 7) is 4.53. The first-order valence-electron chi connectivity index (χ1n) is 5.99. The number of nitrogens with two attached hydrogens (primary N) is 1. The molecule has 2 rings (SSSR count). The second kappa shape index (κ2) is 4.35. The second-order valence-electron chi connectivity index (χ2n) is 5.51. The Kier molecular flexibility index (Phi) is 3.05. The molecule has 1 heterocycles. The van der Waals surface area contributed by atoms with Crippen molar-refractivity contribution in [3.63, 3.8) is 0 Å². The highest BCUT2D eigenvalue weighted by atomic mass is 16.1. The van der Waals surface area contributed by atoms with Crippen LogP contribution in [-0.4, -0.2) is 16.9 Å². The molecule has 0 bridgehead atoms. The van der Waals surface area contributed by atoms with E-state index in [9.17, 15) is 4.79 Å². The van der Waals surface area contributed by atoms with Crippen molar-refractivity contribution in [2.45, 2.75) is 39.2 Å². The molecule has 1 aromatic heterocycles. The molecular weight excluding hydrogens is 214 g/mol. The van der Waals surface area contributed by atoms with Crippen molar-refractivity contribution in [2.75, 3.05) is 5.32 Å². The van der Waals surface area contributed by atoms with Gasteiger partial charge in [-0.1, -0.05) is 13.8 Å². The fourth-order valence-electron chi connectivity index (χ4n) is 2.47. The molecule has 0 spiro atoms.